The first-order valence-corrected chi connectivity index (χ1v) is 5.78. The van der Waals surface area contributed by atoms with Crippen LogP contribution in [0, 0.1) is 0 Å². The van der Waals surface area contributed by atoms with Gasteiger partial charge in [0.05, 0.1) is 5.25 Å². The van der Waals surface area contributed by atoms with Crippen LogP contribution in [0.25, 0.3) is 0 Å². The molecule has 0 aromatic carbocycles. The van der Waals surface area contributed by atoms with Crippen molar-refractivity contribution in [2.75, 3.05) is 19.6 Å². The molecular formula is C7H18N2O2S. The minimum Gasteiger partial charge on any atom is -0.316 e. The van der Waals surface area contributed by atoms with Gasteiger partial charge in [-0.3, -0.25) is 0 Å². The monoisotopic (exact) mass is 194 g/mol. The second kappa shape index (κ2) is 5.50. The standard InChI is InChI=1S/C7H18N2O2S/c1-4-8-6-7(3)12(10,11)9-5-2/h7-9H,4-6H2,1-3H3. The van der Waals surface area contributed by atoms with Crippen LogP contribution in [0.15, 0.2) is 0 Å². The highest BCUT2D eigenvalue weighted by Gasteiger charge is 2.17. The molecule has 0 spiro atoms. The lowest BCUT2D eigenvalue weighted by Crippen LogP contribution is -2.38. The first-order valence-electron chi connectivity index (χ1n) is 4.23. The third-order valence-corrected chi connectivity index (χ3v) is 3.47. The summed E-state index contributed by atoms with van der Waals surface area (Å²) in [7, 11) is -3.10. The predicted octanol–water partition coefficient (Wildman–Crippen LogP) is -0.0763. The quantitative estimate of drug-likeness (QED) is 0.622. The van der Waals surface area contributed by atoms with Gasteiger partial charge in [-0.15, -0.1) is 0 Å². The Hall–Kier alpha value is -0.130. The van der Waals surface area contributed by atoms with E-state index in [1.165, 1.54) is 0 Å². The van der Waals surface area contributed by atoms with Crippen LogP contribution < -0.4 is 10.0 Å². The van der Waals surface area contributed by atoms with Gasteiger partial charge >= 0.3 is 0 Å². The summed E-state index contributed by atoms with van der Waals surface area (Å²) in [5, 5.41) is 2.63. The summed E-state index contributed by atoms with van der Waals surface area (Å²) in [5.41, 5.74) is 0. The average molecular weight is 194 g/mol. The summed E-state index contributed by atoms with van der Waals surface area (Å²) in [6.07, 6.45) is 0. The van der Waals surface area contributed by atoms with Gasteiger partial charge in [0.1, 0.15) is 0 Å². The minimum absolute atomic E-state index is 0.364. The fourth-order valence-electron chi connectivity index (χ4n) is 0.801. The molecule has 1 unspecified atom stereocenters. The van der Waals surface area contributed by atoms with Crippen LogP contribution in [0.3, 0.4) is 0 Å². The van der Waals surface area contributed by atoms with E-state index in [0.717, 1.165) is 6.54 Å². The lowest BCUT2D eigenvalue weighted by molar-refractivity contribution is 0.562. The van der Waals surface area contributed by atoms with Gasteiger partial charge in [0, 0.05) is 13.1 Å². The number of hydrogen-bond acceptors (Lipinski definition) is 3. The molecule has 0 aliphatic rings. The van der Waals surface area contributed by atoms with E-state index in [0.29, 0.717) is 13.1 Å². The van der Waals surface area contributed by atoms with E-state index in [4.69, 9.17) is 0 Å². The van der Waals surface area contributed by atoms with Gasteiger partial charge in [-0.25, -0.2) is 13.1 Å². The van der Waals surface area contributed by atoms with Gasteiger partial charge in [-0.05, 0) is 13.5 Å². The van der Waals surface area contributed by atoms with E-state index in [1.807, 2.05) is 6.92 Å². The molecular weight excluding hydrogens is 176 g/mol. The normalized spacial score (nSPS) is 14.6. The smallest absolute Gasteiger partial charge is 0.215 e. The molecule has 0 saturated carbocycles. The number of rotatable bonds is 6. The number of sulfonamides is 1. The Morgan fingerprint density at radius 2 is 1.83 bits per heavy atom. The highest BCUT2D eigenvalue weighted by atomic mass is 32.2. The lowest BCUT2D eigenvalue weighted by Gasteiger charge is -2.12. The first-order chi connectivity index (χ1) is 5.54. The Kier molecular flexibility index (Phi) is 5.44. The number of nitrogens with one attached hydrogen (secondary N) is 2. The van der Waals surface area contributed by atoms with Crippen LogP contribution in [0.1, 0.15) is 20.8 Å². The van der Waals surface area contributed by atoms with Crippen molar-refractivity contribution in [1.29, 1.82) is 0 Å². The molecule has 1 atom stereocenters. The van der Waals surface area contributed by atoms with E-state index in [-0.39, 0.29) is 5.25 Å². The highest BCUT2D eigenvalue weighted by molar-refractivity contribution is 7.90. The van der Waals surface area contributed by atoms with Crippen LogP contribution in [-0.2, 0) is 10.0 Å². The molecule has 0 aromatic heterocycles. The second-order valence-electron chi connectivity index (χ2n) is 2.66. The number of hydrogen-bond donors (Lipinski definition) is 2. The molecule has 74 valence electrons. The van der Waals surface area contributed by atoms with Crippen molar-refractivity contribution in [3.05, 3.63) is 0 Å². The molecule has 0 fully saturated rings. The second-order valence-corrected chi connectivity index (χ2v) is 4.84. The fourth-order valence-corrected chi connectivity index (χ4v) is 1.82. The van der Waals surface area contributed by atoms with Crippen molar-refractivity contribution in [2.24, 2.45) is 0 Å². The Balaban J connectivity index is 3.98. The Morgan fingerprint density at radius 1 is 1.25 bits per heavy atom. The van der Waals surface area contributed by atoms with Crippen molar-refractivity contribution in [1.82, 2.24) is 10.0 Å². The molecule has 0 aromatic rings. The average Bonchev–Trinajstić information content (AvgIpc) is 2.00. The highest BCUT2D eigenvalue weighted by Crippen LogP contribution is 1.95. The maximum Gasteiger partial charge on any atom is 0.215 e. The summed E-state index contributed by atoms with van der Waals surface area (Å²) < 4.78 is 25.0. The molecule has 0 saturated heterocycles. The molecule has 0 amide bonds. The largest absolute Gasteiger partial charge is 0.316 e. The zero-order valence-corrected chi connectivity index (χ0v) is 8.74. The van der Waals surface area contributed by atoms with E-state index >= 15 is 0 Å². The summed E-state index contributed by atoms with van der Waals surface area (Å²) in [6.45, 7) is 7.18. The third-order valence-electron chi connectivity index (χ3n) is 1.56. The van der Waals surface area contributed by atoms with E-state index in [2.05, 4.69) is 10.0 Å². The topological polar surface area (TPSA) is 58.2 Å². The van der Waals surface area contributed by atoms with Gasteiger partial charge in [-0.1, -0.05) is 13.8 Å². The molecule has 0 bridgehead atoms. The molecule has 4 nitrogen and oxygen atoms in total. The van der Waals surface area contributed by atoms with Crippen LogP contribution >= 0.6 is 0 Å². The summed E-state index contributed by atoms with van der Waals surface area (Å²) in [5.74, 6) is 0. The van der Waals surface area contributed by atoms with Crippen molar-refractivity contribution >= 4 is 10.0 Å². The van der Waals surface area contributed by atoms with E-state index in [1.54, 1.807) is 13.8 Å². The van der Waals surface area contributed by atoms with Crippen LogP contribution in [0.5, 0.6) is 0 Å². The molecule has 2 N–H and O–H groups in total. The molecule has 0 rings (SSSR count). The van der Waals surface area contributed by atoms with E-state index < -0.39 is 10.0 Å². The van der Waals surface area contributed by atoms with Crippen LogP contribution in [0.2, 0.25) is 0 Å². The zero-order valence-electron chi connectivity index (χ0n) is 7.92. The maximum atomic E-state index is 11.3. The van der Waals surface area contributed by atoms with Gasteiger partial charge in [0.25, 0.3) is 0 Å². The molecule has 0 aliphatic carbocycles. The maximum absolute atomic E-state index is 11.3. The van der Waals surface area contributed by atoms with Crippen molar-refractivity contribution < 1.29 is 8.42 Å². The summed E-state index contributed by atoms with van der Waals surface area (Å²) in [4.78, 5) is 0. The predicted molar refractivity (Wildman–Crippen MR) is 50.6 cm³/mol. The van der Waals surface area contributed by atoms with Crippen molar-refractivity contribution in [3.63, 3.8) is 0 Å². The van der Waals surface area contributed by atoms with Crippen molar-refractivity contribution in [3.8, 4) is 0 Å². The molecule has 0 aliphatic heterocycles. The molecule has 0 radical (unpaired) electrons. The Labute approximate surface area is 74.8 Å². The molecule has 0 heterocycles. The van der Waals surface area contributed by atoms with Gasteiger partial charge < -0.3 is 5.32 Å². The lowest BCUT2D eigenvalue weighted by atomic mass is 10.5. The van der Waals surface area contributed by atoms with Gasteiger partial charge in [-0.2, -0.15) is 0 Å². The van der Waals surface area contributed by atoms with Crippen molar-refractivity contribution in [2.45, 2.75) is 26.0 Å². The fraction of sp³-hybridized carbons (Fsp3) is 1.00. The third kappa shape index (κ3) is 4.04. The molecule has 12 heavy (non-hydrogen) atoms. The minimum atomic E-state index is -3.10. The first kappa shape index (κ1) is 11.9. The summed E-state index contributed by atoms with van der Waals surface area (Å²) >= 11 is 0. The van der Waals surface area contributed by atoms with Crippen LogP contribution in [-0.4, -0.2) is 33.3 Å². The van der Waals surface area contributed by atoms with Gasteiger partial charge in [0.2, 0.25) is 10.0 Å². The summed E-state index contributed by atoms with van der Waals surface area (Å²) in [6, 6.07) is 0. The SMILES string of the molecule is CCNCC(C)S(=O)(=O)NCC. The Morgan fingerprint density at radius 3 is 2.25 bits per heavy atom. The van der Waals surface area contributed by atoms with Gasteiger partial charge in [0.15, 0.2) is 0 Å². The zero-order chi connectivity index (χ0) is 9.61. The van der Waals surface area contributed by atoms with E-state index in [9.17, 15) is 8.42 Å². The van der Waals surface area contributed by atoms with Crippen LogP contribution in [0.4, 0.5) is 0 Å². The Bertz CT molecular complexity index is 201. The molecule has 5 heteroatoms.